The molecule has 32 heavy (non-hydrogen) atoms. The lowest BCUT2D eigenvalue weighted by Crippen LogP contribution is -2.44. The lowest BCUT2D eigenvalue weighted by Gasteiger charge is -2.22. The van der Waals surface area contributed by atoms with Gasteiger partial charge in [-0.25, -0.2) is 9.78 Å². The van der Waals surface area contributed by atoms with Gasteiger partial charge in [-0.1, -0.05) is 18.2 Å². The maximum atomic E-state index is 12.6. The van der Waals surface area contributed by atoms with Crippen molar-refractivity contribution in [2.24, 2.45) is 0 Å². The van der Waals surface area contributed by atoms with Crippen LogP contribution in [0.3, 0.4) is 0 Å². The van der Waals surface area contributed by atoms with Crippen LogP contribution in [0.4, 0.5) is 22.0 Å². The summed E-state index contributed by atoms with van der Waals surface area (Å²) in [5.41, 5.74) is 3.02. The van der Waals surface area contributed by atoms with Crippen LogP contribution in [0.1, 0.15) is 30.5 Å². The number of aromatic nitrogens is 2. The zero-order chi connectivity index (χ0) is 22.3. The molecule has 0 saturated heterocycles. The van der Waals surface area contributed by atoms with Crippen LogP contribution in [0.15, 0.2) is 60.9 Å². The van der Waals surface area contributed by atoms with Gasteiger partial charge in [0.1, 0.15) is 17.7 Å². The van der Waals surface area contributed by atoms with E-state index in [1.165, 1.54) is 6.21 Å². The Bertz CT molecular complexity index is 1090. The topological polar surface area (TPSA) is 112 Å². The van der Waals surface area contributed by atoms with Gasteiger partial charge in [-0.05, 0) is 56.5 Å². The zero-order valence-electron chi connectivity index (χ0n) is 17.8. The summed E-state index contributed by atoms with van der Waals surface area (Å²) in [6.45, 7) is 1.91. The van der Waals surface area contributed by atoms with E-state index < -0.39 is 0 Å². The number of amides is 2. The number of nitrogens with one attached hydrogen (secondary N) is 4. The van der Waals surface area contributed by atoms with Crippen LogP contribution in [0, 0.1) is 12.3 Å². The number of hydrogen-bond donors (Lipinski definition) is 4. The van der Waals surface area contributed by atoms with Gasteiger partial charge in [-0.3, -0.25) is 10.3 Å². The third kappa shape index (κ3) is 5.40. The van der Waals surface area contributed by atoms with Crippen molar-refractivity contribution >= 4 is 29.4 Å². The second-order valence-corrected chi connectivity index (χ2v) is 7.72. The number of nitrogens with zero attached hydrogens (tertiary/aromatic N) is 2. The molecular weight excluding hydrogens is 404 g/mol. The predicted molar refractivity (Wildman–Crippen MR) is 125 cm³/mol. The van der Waals surface area contributed by atoms with Gasteiger partial charge in [0.15, 0.2) is 0 Å². The van der Waals surface area contributed by atoms with E-state index >= 15 is 0 Å². The Morgan fingerprint density at radius 3 is 2.78 bits per heavy atom. The molecule has 4 N–H and O–H groups in total. The fourth-order valence-corrected chi connectivity index (χ4v) is 3.77. The number of anilines is 3. The van der Waals surface area contributed by atoms with Crippen LogP contribution >= 0.6 is 0 Å². The number of carbonyl (C=O) groups excluding carboxylic acids is 1. The maximum absolute atomic E-state index is 12.6. The van der Waals surface area contributed by atoms with Crippen LogP contribution in [0.2, 0.25) is 0 Å². The van der Waals surface area contributed by atoms with Crippen molar-refractivity contribution < 1.29 is 9.53 Å². The van der Waals surface area contributed by atoms with E-state index in [1.54, 1.807) is 18.5 Å². The smallest absolute Gasteiger partial charge is 0.320 e. The first kappa shape index (κ1) is 21.3. The Morgan fingerprint density at radius 2 is 2.00 bits per heavy atom. The van der Waals surface area contributed by atoms with Crippen LogP contribution in [0.25, 0.3) is 0 Å². The molecule has 2 amide bonds. The minimum atomic E-state index is -0.340. The van der Waals surface area contributed by atoms with Gasteiger partial charge < -0.3 is 20.8 Å². The van der Waals surface area contributed by atoms with Crippen molar-refractivity contribution in [2.45, 2.75) is 38.3 Å². The molecule has 0 spiro atoms. The number of benzene rings is 1. The van der Waals surface area contributed by atoms with Crippen LogP contribution < -0.4 is 20.7 Å². The van der Waals surface area contributed by atoms with Gasteiger partial charge in [0.2, 0.25) is 0 Å². The minimum Gasteiger partial charge on any atom is -0.488 e. The summed E-state index contributed by atoms with van der Waals surface area (Å²) >= 11 is 0. The third-order valence-corrected chi connectivity index (χ3v) is 5.31. The summed E-state index contributed by atoms with van der Waals surface area (Å²) in [6, 6.07) is 14.6. The lowest BCUT2D eigenvalue weighted by molar-refractivity contribution is 0.175. The number of hydrogen-bond acceptors (Lipinski definition) is 6. The van der Waals surface area contributed by atoms with E-state index in [1.807, 2.05) is 49.4 Å². The second kappa shape index (κ2) is 9.91. The Kier molecular flexibility index (Phi) is 6.60. The summed E-state index contributed by atoms with van der Waals surface area (Å²) in [5, 5.41) is 16.7. The summed E-state index contributed by atoms with van der Waals surface area (Å²) in [4.78, 5) is 21.1. The van der Waals surface area contributed by atoms with E-state index in [9.17, 15) is 4.79 Å². The number of carbonyl (C=O) groups is 1. The number of para-hydroxylation sites is 1. The molecule has 1 saturated carbocycles. The first-order chi connectivity index (χ1) is 15.6. The molecule has 2 atom stereocenters. The minimum absolute atomic E-state index is 0.0661. The molecule has 1 aliphatic carbocycles. The van der Waals surface area contributed by atoms with Gasteiger partial charge in [0.25, 0.3) is 0 Å². The summed E-state index contributed by atoms with van der Waals surface area (Å²) < 4.78 is 6.06. The van der Waals surface area contributed by atoms with E-state index in [0.717, 1.165) is 36.4 Å². The monoisotopic (exact) mass is 430 g/mol. The molecule has 0 aliphatic heterocycles. The summed E-state index contributed by atoms with van der Waals surface area (Å²) in [6.07, 6.45) is 7.22. The molecule has 1 aromatic carbocycles. The normalized spacial score (nSPS) is 17.4. The first-order valence-corrected chi connectivity index (χ1v) is 10.6. The Balaban J connectivity index is 1.38. The van der Waals surface area contributed by atoms with Crippen molar-refractivity contribution in [3.05, 3.63) is 72.2 Å². The Labute approximate surface area is 187 Å². The van der Waals surface area contributed by atoms with Crippen molar-refractivity contribution in [1.82, 2.24) is 15.3 Å². The average Bonchev–Trinajstić information content (AvgIpc) is 3.21. The quantitative estimate of drug-likeness (QED) is 0.408. The molecule has 2 heterocycles. The molecule has 0 radical (unpaired) electrons. The fraction of sp³-hybridized carbons (Fsp3) is 0.250. The molecule has 164 valence electrons. The number of rotatable bonds is 7. The van der Waals surface area contributed by atoms with E-state index in [-0.39, 0.29) is 18.2 Å². The maximum Gasteiger partial charge on any atom is 0.320 e. The van der Waals surface area contributed by atoms with Crippen molar-refractivity contribution in [3.63, 3.8) is 0 Å². The van der Waals surface area contributed by atoms with Gasteiger partial charge in [0.05, 0.1) is 17.9 Å². The average molecular weight is 431 g/mol. The SMILES string of the molecule is Cc1cc(Nc2cnc(NC(=O)N[C@H]3CCC[C@@H]3Oc3ccccc3)cc2C=N)ccn1. The van der Waals surface area contributed by atoms with Crippen molar-refractivity contribution in [1.29, 1.82) is 5.41 Å². The van der Waals surface area contributed by atoms with E-state index in [4.69, 9.17) is 10.1 Å². The summed E-state index contributed by atoms with van der Waals surface area (Å²) in [7, 11) is 0. The molecule has 2 aromatic heterocycles. The van der Waals surface area contributed by atoms with Gasteiger partial charge in [-0.15, -0.1) is 0 Å². The Hall–Kier alpha value is -3.94. The van der Waals surface area contributed by atoms with Gasteiger partial charge in [-0.2, -0.15) is 0 Å². The van der Waals surface area contributed by atoms with E-state index in [0.29, 0.717) is 17.1 Å². The zero-order valence-corrected chi connectivity index (χ0v) is 17.8. The number of pyridine rings is 2. The van der Waals surface area contributed by atoms with Crippen LogP contribution in [-0.2, 0) is 0 Å². The summed E-state index contributed by atoms with van der Waals surface area (Å²) in [5.74, 6) is 1.17. The molecule has 1 aliphatic rings. The molecular formula is C24H26N6O2. The molecule has 3 aromatic rings. The molecule has 1 fully saturated rings. The largest absolute Gasteiger partial charge is 0.488 e. The van der Waals surface area contributed by atoms with Crippen molar-refractivity contribution in [3.8, 4) is 5.75 Å². The standard InChI is InChI=1S/C24H26N6O2/c1-16-12-18(10-11-26-16)28-21-15-27-23(13-17(21)14-25)30-24(31)29-20-8-5-9-22(20)32-19-6-3-2-4-7-19/h2-4,6-7,10-15,20,22,25H,5,8-9H2,1H3,(H,26,28)(H2,27,29,30,31)/t20-,22-/m0/s1. The molecule has 8 nitrogen and oxygen atoms in total. The lowest BCUT2D eigenvalue weighted by atomic mass is 10.2. The predicted octanol–water partition coefficient (Wildman–Crippen LogP) is 4.65. The number of ether oxygens (including phenoxy) is 1. The van der Waals surface area contributed by atoms with Crippen LogP contribution in [-0.4, -0.2) is 34.4 Å². The third-order valence-electron chi connectivity index (χ3n) is 5.31. The first-order valence-electron chi connectivity index (χ1n) is 10.6. The number of urea groups is 1. The number of aryl methyl sites for hydroxylation is 1. The highest BCUT2D eigenvalue weighted by Gasteiger charge is 2.30. The van der Waals surface area contributed by atoms with Crippen molar-refractivity contribution in [2.75, 3.05) is 10.6 Å². The van der Waals surface area contributed by atoms with E-state index in [2.05, 4.69) is 25.9 Å². The molecule has 0 bridgehead atoms. The van der Waals surface area contributed by atoms with Gasteiger partial charge >= 0.3 is 6.03 Å². The molecule has 8 heteroatoms. The second-order valence-electron chi connectivity index (χ2n) is 7.72. The van der Waals surface area contributed by atoms with Crippen LogP contribution in [0.5, 0.6) is 5.75 Å². The Morgan fingerprint density at radius 1 is 1.16 bits per heavy atom. The molecule has 0 unspecified atom stereocenters. The highest BCUT2D eigenvalue weighted by atomic mass is 16.5. The fourth-order valence-electron chi connectivity index (χ4n) is 3.77. The van der Waals surface area contributed by atoms with Gasteiger partial charge in [0, 0.05) is 29.4 Å². The highest BCUT2D eigenvalue weighted by Crippen LogP contribution is 2.25. The highest BCUT2D eigenvalue weighted by molar-refractivity contribution is 5.92. The molecule has 4 rings (SSSR count).